The molecule has 0 saturated heterocycles. The lowest BCUT2D eigenvalue weighted by molar-refractivity contribution is -0.113. The van der Waals surface area contributed by atoms with Gasteiger partial charge in [-0.3, -0.25) is 9.36 Å². The van der Waals surface area contributed by atoms with Crippen LogP contribution in [0.5, 0.6) is 0 Å². The van der Waals surface area contributed by atoms with Gasteiger partial charge in [0.1, 0.15) is 16.7 Å². The molecule has 0 spiro atoms. The molecule has 1 amide bonds. The van der Waals surface area contributed by atoms with E-state index in [0.717, 1.165) is 60.8 Å². The average Bonchev–Trinajstić information content (AvgIpc) is 2.68. The summed E-state index contributed by atoms with van der Waals surface area (Å²) in [5.41, 5.74) is 1.41. The minimum absolute atomic E-state index is 0.00215. The molecule has 0 radical (unpaired) electrons. The number of anilines is 1. The van der Waals surface area contributed by atoms with Crippen molar-refractivity contribution in [2.75, 3.05) is 17.7 Å². The summed E-state index contributed by atoms with van der Waals surface area (Å²) in [5.74, 6) is -2.08. The first kappa shape index (κ1) is 20.5. The van der Waals surface area contributed by atoms with Crippen molar-refractivity contribution >= 4 is 23.4 Å². The number of hydrogen-bond donors (Lipinski definition) is 2. The molecule has 6 nitrogen and oxygen atoms in total. The fraction of sp³-hybridized carbons (Fsp3) is 0.421. The molecule has 2 N–H and O–H groups in total. The van der Waals surface area contributed by atoms with Gasteiger partial charge in [-0.2, -0.15) is 4.98 Å². The Hall–Kier alpha value is -2.26. The Balaban J connectivity index is 1.74. The molecule has 0 fully saturated rings. The van der Waals surface area contributed by atoms with Gasteiger partial charge in [-0.1, -0.05) is 11.8 Å². The molecule has 1 aromatic heterocycles. The second kappa shape index (κ2) is 9.29. The van der Waals surface area contributed by atoms with Gasteiger partial charge in [0.15, 0.2) is 0 Å². The van der Waals surface area contributed by atoms with Gasteiger partial charge in [-0.25, -0.2) is 13.6 Å². The fourth-order valence-electron chi connectivity index (χ4n) is 3.24. The Labute approximate surface area is 165 Å². The summed E-state index contributed by atoms with van der Waals surface area (Å²) in [6.07, 6.45) is 3.97. The minimum atomic E-state index is -0.847. The van der Waals surface area contributed by atoms with Crippen LogP contribution in [0.3, 0.4) is 0 Å². The third-order valence-corrected chi connectivity index (χ3v) is 5.55. The zero-order valence-electron chi connectivity index (χ0n) is 15.2. The Kier molecular flexibility index (Phi) is 6.79. The molecule has 0 saturated carbocycles. The van der Waals surface area contributed by atoms with Crippen LogP contribution >= 0.6 is 11.8 Å². The average molecular weight is 409 g/mol. The van der Waals surface area contributed by atoms with Crippen molar-refractivity contribution in [3.8, 4) is 0 Å². The first-order valence-electron chi connectivity index (χ1n) is 9.10. The number of fused-ring (bicyclic) bond motifs is 1. The van der Waals surface area contributed by atoms with E-state index in [1.807, 2.05) is 0 Å². The van der Waals surface area contributed by atoms with E-state index in [9.17, 15) is 18.4 Å². The molecule has 0 unspecified atom stereocenters. The number of halogens is 2. The normalized spacial score (nSPS) is 13.2. The quantitative estimate of drug-likeness (QED) is 0.542. The summed E-state index contributed by atoms with van der Waals surface area (Å²) in [6.45, 7) is 0.414. The predicted molar refractivity (Wildman–Crippen MR) is 103 cm³/mol. The van der Waals surface area contributed by atoms with Gasteiger partial charge in [0.25, 0.3) is 0 Å². The maximum Gasteiger partial charge on any atom is 0.348 e. The van der Waals surface area contributed by atoms with Crippen molar-refractivity contribution in [1.82, 2.24) is 9.55 Å². The van der Waals surface area contributed by atoms with Crippen molar-refractivity contribution in [2.45, 2.75) is 43.7 Å². The number of rotatable bonds is 7. The molecule has 1 aromatic carbocycles. The first-order chi connectivity index (χ1) is 13.5. The summed E-state index contributed by atoms with van der Waals surface area (Å²) in [4.78, 5) is 28.7. The van der Waals surface area contributed by atoms with Crippen LogP contribution in [0.4, 0.5) is 14.5 Å². The Morgan fingerprint density at radius 2 is 2.07 bits per heavy atom. The van der Waals surface area contributed by atoms with Crippen LogP contribution in [0, 0.1) is 11.6 Å². The summed E-state index contributed by atoms with van der Waals surface area (Å²) < 4.78 is 28.2. The van der Waals surface area contributed by atoms with Crippen molar-refractivity contribution in [1.29, 1.82) is 0 Å². The predicted octanol–water partition coefficient (Wildman–Crippen LogP) is 2.51. The van der Waals surface area contributed by atoms with E-state index in [1.54, 1.807) is 4.57 Å². The highest BCUT2D eigenvalue weighted by atomic mass is 32.2. The molecule has 0 bridgehead atoms. The molecule has 1 heterocycles. The fourth-order valence-corrected chi connectivity index (χ4v) is 4.11. The topological polar surface area (TPSA) is 84.2 Å². The lowest BCUT2D eigenvalue weighted by Crippen LogP contribution is -2.30. The highest BCUT2D eigenvalue weighted by Gasteiger charge is 2.21. The van der Waals surface area contributed by atoms with E-state index in [1.165, 1.54) is 0 Å². The molecule has 1 aliphatic carbocycles. The van der Waals surface area contributed by atoms with Gasteiger partial charge in [0.2, 0.25) is 5.91 Å². The van der Waals surface area contributed by atoms with E-state index in [0.29, 0.717) is 24.1 Å². The van der Waals surface area contributed by atoms with Gasteiger partial charge < -0.3 is 10.4 Å². The van der Waals surface area contributed by atoms with Crippen LogP contribution in [-0.2, 0) is 24.2 Å². The molecular formula is C19H21F2N3O3S. The number of thioether (sulfide) groups is 1. The zero-order valence-corrected chi connectivity index (χ0v) is 16.0. The molecule has 9 heteroatoms. The van der Waals surface area contributed by atoms with Crippen LogP contribution in [-0.4, -0.2) is 32.9 Å². The first-order valence-corrected chi connectivity index (χ1v) is 10.1. The van der Waals surface area contributed by atoms with Gasteiger partial charge in [-0.05, 0) is 44.2 Å². The molecule has 2 aromatic rings. The number of amides is 1. The SMILES string of the molecule is O=C(CSc1nc(=O)n(CCCO)c2c1CCCC2)Nc1ccc(F)cc1F. The second-order valence-electron chi connectivity index (χ2n) is 6.52. The van der Waals surface area contributed by atoms with Crippen LogP contribution in [0.2, 0.25) is 0 Å². The Bertz CT molecular complexity index is 933. The van der Waals surface area contributed by atoms with Gasteiger partial charge in [-0.15, -0.1) is 0 Å². The van der Waals surface area contributed by atoms with E-state index in [2.05, 4.69) is 10.3 Å². The monoisotopic (exact) mass is 409 g/mol. The number of aliphatic hydroxyl groups excluding tert-OH is 1. The van der Waals surface area contributed by atoms with Gasteiger partial charge in [0, 0.05) is 30.5 Å². The number of hydrogen-bond acceptors (Lipinski definition) is 5. The molecule has 3 rings (SSSR count). The lowest BCUT2D eigenvalue weighted by Gasteiger charge is -2.22. The second-order valence-corrected chi connectivity index (χ2v) is 7.49. The maximum atomic E-state index is 13.7. The third-order valence-electron chi connectivity index (χ3n) is 4.54. The standard InChI is InChI=1S/C19H21F2N3O3S/c20-12-6-7-15(14(21)10-12)22-17(26)11-28-18-13-4-1-2-5-16(13)24(8-3-9-25)19(27)23-18/h6-7,10,25H,1-5,8-9,11H2,(H,22,26). The van der Waals surface area contributed by atoms with Crippen molar-refractivity contribution in [3.63, 3.8) is 0 Å². The minimum Gasteiger partial charge on any atom is -0.396 e. The van der Waals surface area contributed by atoms with E-state index < -0.39 is 17.5 Å². The number of carbonyl (C=O) groups excluding carboxylic acids is 1. The molecule has 28 heavy (non-hydrogen) atoms. The van der Waals surface area contributed by atoms with E-state index in [4.69, 9.17) is 5.11 Å². The number of benzene rings is 1. The third kappa shape index (κ3) is 4.77. The molecule has 1 aliphatic rings. The van der Waals surface area contributed by atoms with Crippen LogP contribution < -0.4 is 11.0 Å². The van der Waals surface area contributed by atoms with Crippen molar-refractivity contribution < 1.29 is 18.7 Å². The van der Waals surface area contributed by atoms with Crippen molar-refractivity contribution in [2.24, 2.45) is 0 Å². The van der Waals surface area contributed by atoms with Crippen LogP contribution in [0.25, 0.3) is 0 Å². The van der Waals surface area contributed by atoms with Crippen LogP contribution in [0.1, 0.15) is 30.5 Å². The van der Waals surface area contributed by atoms with E-state index >= 15 is 0 Å². The summed E-state index contributed by atoms with van der Waals surface area (Å²) >= 11 is 1.14. The number of nitrogens with zero attached hydrogens (tertiary/aromatic N) is 2. The van der Waals surface area contributed by atoms with Crippen molar-refractivity contribution in [3.05, 3.63) is 51.6 Å². The summed E-state index contributed by atoms with van der Waals surface area (Å²) in [7, 11) is 0. The number of nitrogens with one attached hydrogen (secondary N) is 1. The Morgan fingerprint density at radius 1 is 1.29 bits per heavy atom. The molecular weight excluding hydrogens is 388 g/mol. The highest BCUT2D eigenvalue weighted by Crippen LogP contribution is 2.28. The summed E-state index contributed by atoms with van der Waals surface area (Å²) in [5, 5.41) is 12.0. The summed E-state index contributed by atoms with van der Waals surface area (Å²) in [6, 6.07) is 2.93. The lowest BCUT2D eigenvalue weighted by atomic mass is 9.97. The number of aliphatic hydroxyl groups is 1. The molecule has 0 atom stereocenters. The smallest absolute Gasteiger partial charge is 0.348 e. The van der Waals surface area contributed by atoms with E-state index in [-0.39, 0.29) is 23.7 Å². The molecule has 0 aliphatic heterocycles. The number of aromatic nitrogens is 2. The zero-order chi connectivity index (χ0) is 20.1. The molecule has 150 valence electrons. The number of carbonyl (C=O) groups is 1. The maximum absolute atomic E-state index is 13.7. The van der Waals surface area contributed by atoms with Gasteiger partial charge in [0.05, 0.1) is 11.4 Å². The Morgan fingerprint density at radius 3 is 2.82 bits per heavy atom. The largest absolute Gasteiger partial charge is 0.396 e. The van der Waals surface area contributed by atoms with Crippen LogP contribution in [0.15, 0.2) is 28.0 Å². The van der Waals surface area contributed by atoms with Gasteiger partial charge >= 0.3 is 5.69 Å². The highest BCUT2D eigenvalue weighted by molar-refractivity contribution is 8.00.